The first kappa shape index (κ1) is 22.8. The molecule has 1 fully saturated rings. The summed E-state index contributed by atoms with van der Waals surface area (Å²) in [5, 5.41) is 4.47. The van der Waals surface area contributed by atoms with Crippen molar-refractivity contribution < 1.29 is 4.52 Å². The van der Waals surface area contributed by atoms with Crippen molar-refractivity contribution in [3.63, 3.8) is 0 Å². The Hall–Kier alpha value is -2.89. The maximum absolute atomic E-state index is 5.83. The molecule has 0 bridgehead atoms. The first-order chi connectivity index (χ1) is 14.7. The van der Waals surface area contributed by atoms with E-state index in [-0.39, 0.29) is 22.6 Å². The molecule has 0 saturated heterocycles. The molecule has 1 saturated carbocycles. The lowest BCUT2D eigenvalue weighted by Crippen LogP contribution is -2.32. The second-order valence-corrected chi connectivity index (χ2v) is 9.35. The van der Waals surface area contributed by atoms with Gasteiger partial charge in [-0.3, -0.25) is 0 Å². The average molecular weight is 422 g/mol. The van der Waals surface area contributed by atoms with E-state index in [2.05, 4.69) is 56.6 Å². The van der Waals surface area contributed by atoms with Crippen LogP contribution in [-0.2, 0) is 10.8 Å². The van der Waals surface area contributed by atoms with Gasteiger partial charge >= 0.3 is 0 Å². The summed E-state index contributed by atoms with van der Waals surface area (Å²) < 4.78 is 5.83. The minimum absolute atomic E-state index is 0.0155. The van der Waals surface area contributed by atoms with Crippen LogP contribution >= 0.6 is 0 Å². The van der Waals surface area contributed by atoms with Gasteiger partial charge in [0, 0.05) is 23.4 Å². The number of benzene rings is 1. The highest BCUT2D eigenvalue weighted by molar-refractivity contribution is 6.09. The fourth-order valence-corrected chi connectivity index (χ4v) is 4.32. The van der Waals surface area contributed by atoms with Crippen LogP contribution in [0.2, 0.25) is 0 Å². The maximum atomic E-state index is 5.83. The number of hydrogen-bond donors (Lipinski definition) is 2. The molecule has 1 aliphatic carbocycles. The second-order valence-electron chi connectivity index (χ2n) is 9.35. The number of allylic oxidation sites excluding steroid dienone is 1. The van der Waals surface area contributed by atoms with E-state index in [1.807, 2.05) is 12.1 Å². The molecule has 31 heavy (non-hydrogen) atoms. The SMILES string of the molecule is C=C(N)/N=C\C(=C/N)c1ccc(C(C)(c2noc(C3(C)CCCCC3)n2)C(C)C)cc1. The lowest BCUT2D eigenvalue weighted by atomic mass is 9.72. The molecule has 3 rings (SSSR count). The third kappa shape index (κ3) is 4.58. The fourth-order valence-electron chi connectivity index (χ4n) is 4.32. The monoisotopic (exact) mass is 421 g/mol. The molecule has 6 nitrogen and oxygen atoms in total. The summed E-state index contributed by atoms with van der Waals surface area (Å²) in [6.07, 6.45) is 9.06. The minimum atomic E-state index is -0.377. The number of nitrogens with two attached hydrogens (primary N) is 2. The van der Waals surface area contributed by atoms with Crippen LogP contribution in [0.3, 0.4) is 0 Å². The Morgan fingerprint density at radius 1 is 1.23 bits per heavy atom. The molecule has 0 aliphatic heterocycles. The van der Waals surface area contributed by atoms with E-state index in [0.717, 1.165) is 41.3 Å². The summed E-state index contributed by atoms with van der Waals surface area (Å²) >= 11 is 0. The van der Waals surface area contributed by atoms with Crippen LogP contribution in [0.25, 0.3) is 5.57 Å². The van der Waals surface area contributed by atoms with Crippen molar-refractivity contribution in [2.45, 2.75) is 70.6 Å². The Morgan fingerprint density at radius 2 is 1.87 bits per heavy atom. The van der Waals surface area contributed by atoms with Gasteiger partial charge in [0.2, 0.25) is 5.89 Å². The van der Waals surface area contributed by atoms with Crippen molar-refractivity contribution in [2.24, 2.45) is 22.4 Å². The Bertz CT molecular complexity index is 964. The molecular weight excluding hydrogens is 386 g/mol. The summed E-state index contributed by atoms with van der Waals surface area (Å²) in [5.74, 6) is 2.03. The van der Waals surface area contributed by atoms with Gasteiger partial charge in [0.05, 0.1) is 5.41 Å². The first-order valence-corrected chi connectivity index (χ1v) is 11.1. The predicted octanol–water partition coefficient (Wildman–Crippen LogP) is 5.05. The van der Waals surface area contributed by atoms with Gasteiger partial charge in [-0.05, 0) is 36.8 Å². The molecule has 0 amide bonds. The normalized spacial score (nSPS) is 18.9. The summed E-state index contributed by atoms with van der Waals surface area (Å²) in [4.78, 5) is 8.99. The van der Waals surface area contributed by atoms with E-state index in [1.54, 1.807) is 6.21 Å². The lowest BCUT2D eigenvalue weighted by Gasteiger charge is -2.32. The Morgan fingerprint density at radius 3 is 2.42 bits per heavy atom. The molecule has 4 N–H and O–H groups in total. The Balaban J connectivity index is 1.94. The van der Waals surface area contributed by atoms with Crippen LogP contribution in [-0.4, -0.2) is 16.4 Å². The zero-order valence-corrected chi connectivity index (χ0v) is 19.2. The van der Waals surface area contributed by atoms with Crippen LogP contribution in [0.15, 0.2) is 52.4 Å². The second kappa shape index (κ2) is 9.08. The van der Waals surface area contributed by atoms with Crippen LogP contribution in [0.1, 0.15) is 82.6 Å². The third-order valence-corrected chi connectivity index (χ3v) is 6.89. The van der Waals surface area contributed by atoms with Gasteiger partial charge in [0.15, 0.2) is 5.82 Å². The van der Waals surface area contributed by atoms with Gasteiger partial charge in [0.25, 0.3) is 0 Å². The molecule has 1 unspecified atom stereocenters. The standard InChI is InChI=1S/C25H35N5O/c1-17(2)25(5,22-29-23(31-30-22)24(4)13-7-6-8-14-24)21-11-9-19(10-12-21)20(15-26)16-28-18(3)27/h9-12,15-17H,3,6-8,13-14,26-27H2,1-2,4-5H3/b20-15+,28-16-. The molecule has 6 heteroatoms. The number of rotatable bonds is 7. The molecule has 1 aromatic carbocycles. The zero-order chi connectivity index (χ0) is 22.6. The summed E-state index contributed by atoms with van der Waals surface area (Å²) in [7, 11) is 0. The van der Waals surface area contributed by atoms with E-state index in [9.17, 15) is 0 Å². The number of hydrogen-bond acceptors (Lipinski definition) is 6. The lowest BCUT2D eigenvalue weighted by molar-refractivity contribution is 0.230. The predicted molar refractivity (Wildman–Crippen MR) is 126 cm³/mol. The van der Waals surface area contributed by atoms with Gasteiger partial charge in [-0.25, -0.2) is 4.99 Å². The molecule has 0 spiro atoms. The number of aromatic nitrogens is 2. The molecule has 2 aromatic rings. The smallest absolute Gasteiger partial charge is 0.232 e. The van der Waals surface area contributed by atoms with E-state index in [1.165, 1.54) is 25.5 Å². The maximum Gasteiger partial charge on any atom is 0.232 e. The zero-order valence-electron chi connectivity index (χ0n) is 19.2. The van der Waals surface area contributed by atoms with Crippen molar-refractivity contribution in [2.75, 3.05) is 0 Å². The van der Waals surface area contributed by atoms with Gasteiger partial charge < -0.3 is 16.0 Å². The topological polar surface area (TPSA) is 103 Å². The van der Waals surface area contributed by atoms with Crippen molar-refractivity contribution >= 4 is 11.8 Å². The van der Waals surface area contributed by atoms with Crippen LogP contribution in [0.4, 0.5) is 0 Å². The summed E-state index contributed by atoms with van der Waals surface area (Å²) in [6.45, 7) is 12.4. The molecule has 0 radical (unpaired) electrons. The van der Waals surface area contributed by atoms with E-state index in [4.69, 9.17) is 21.0 Å². The van der Waals surface area contributed by atoms with Gasteiger partial charge in [0.1, 0.15) is 5.82 Å². The highest BCUT2D eigenvalue weighted by Crippen LogP contribution is 2.41. The Labute approximate surface area is 185 Å². The minimum Gasteiger partial charge on any atom is -0.404 e. The van der Waals surface area contributed by atoms with Crippen molar-refractivity contribution in [3.05, 3.63) is 65.7 Å². The molecule has 1 heterocycles. The van der Waals surface area contributed by atoms with Crippen molar-refractivity contribution in [1.29, 1.82) is 0 Å². The summed E-state index contributed by atoms with van der Waals surface area (Å²) in [6, 6.07) is 8.26. The molecule has 1 atom stereocenters. The molecular formula is C25H35N5O. The highest BCUT2D eigenvalue weighted by atomic mass is 16.5. The van der Waals surface area contributed by atoms with Gasteiger partial charge in [-0.15, -0.1) is 0 Å². The van der Waals surface area contributed by atoms with Crippen molar-refractivity contribution in [1.82, 2.24) is 10.1 Å². The molecule has 1 aliphatic rings. The van der Waals surface area contributed by atoms with Crippen LogP contribution in [0.5, 0.6) is 0 Å². The summed E-state index contributed by atoms with van der Waals surface area (Å²) in [5.41, 5.74) is 13.8. The quantitative estimate of drug-likeness (QED) is 0.609. The van der Waals surface area contributed by atoms with E-state index < -0.39 is 0 Å². The molecule has 166 valence electrons. The van der Waals surface area contributed by atoms with E-state index >= 15 is 0 Å². The van der Waals surface area contributed by atoms with Gasteiger partial charge in [-0.2, -0.15) is 4.98 Å². The number of nitrogens with zero attached hydrogens (tertiary/aromatic N) is 3. The number of aliphatic imine (C=N–C) groups is 1. The van der Waals surface area contributed by atoms with E-state index in [0.29, 0.717) is 0 Å². The Kier molecular flexibility index (Phi) is 6.68. The molecule has 1 aromatic heterocycles. The van der Waals surface area contributed by atoms with Crippen LogP contribution < -0.4 is 11.5 Å². The average Bonchev–Trinajstić information content (AvgIpc) is 3.26. The fraction of sp³-hybridized carbons (Fsp3) is 0.480. The largest absolute Gasteiger partial charge is 0.404 e. The third-order valence-electron chi connectivity index (χ3n) is 6.89. The van der Waals surface area contributed by atoms with Gasteiger partial charge in [-0.1, -0.05) is 76.0 Å². The first-order valence-electron chi connectivity index (χ1n) is 11.1. The van der Waals surface area contributed by atoms with Crippen molar-refractivity contribution in [3.8, 4) is 0 Å². The van der Waals surface area contributed by atoms with Crippen LogP contribution in [0, 0.1) is 5.92 Å². The highest BCUT2D eigenvalue weighted by Gasteiger charge is 2.40.